The summed E-state index contributed by atoms with van der Waals surface area (Å²) >= 11 is 0. The summed E-state index contributed by atoms with van der Waals surface area (Å²) in [5.74, 6) is 0.809. The van der Waals surface area contributed by atoms with Gasteiger partial charge in [0.1, 0.15) is 18.0 Å². The lowest BCUT2D eigenvalue weighted by atomic mass is 9.95. The molecule has 5 heteroatoms. The molecule has 2 N–H and O–H groups in total. The second-order valence-electron chi connectivity index (χ2n) is 5.87. The first-order chi connectivity index (χ1) is 11.4. The normalized spacial score (nSPS) is 11.1. The van der Waals surface area contributed by atoms with Crippen LogP contribution >= 0.6 is 0 Å². The van der Waals surface area contributed by atoms with Gasteiger partial charge >= 0.3 is 6.09 Å². The van der Waals surface area contributed by atoms with Gasteiger partial charge in [0.05, 0.1) is 6.61 Å². The fourth-order valence-corrected chi connectivity index (χ4v) is 2.36. The van der Waals surface area contributed by atoms with Crippen LogP contribution < -0.4 is 10.5 Å². The van der Waals surface area contributed by atoms with Gasteiger partial charge < -0.3 is 19.9 Å². The summed E-state index contributed by atoms with van der Waals surface area (Å²) in [4.78, 5) is 11.0. The number of carbonyl (C=O) groups is 1. The average Bonchev–Trinajstić information content (AvgIpc) is 2.55. The molecule has 5 nitrogen and oxygen atoms in total. The van der Waals surface area contributed by atoms with Crippen molar-refractivity contribution in [1.82, 2.24) is 0 Å². The Kier molecular flexibility index (Phi) is 5.82. The van der Waals surface area contributed by atoms with Crippen molar-refractivity contribution in [2.45, 2.75) is 19.4 Å². The Morgan fingerprint density at radius 3 is 2.00 bits per heavy atom. The van der Waals surface area contributed by atoms with Crippen molar-refractivity contribution in [3.05, 3.63) is 54.1 Å². The summed E-state index contributed by atoms with van der Waals surface area (Å²) in [6.45, 7) is 4.70. The molecule has 0 aliphatic rings. The van der Waals surface area contributed by atoms with E-state index in [4.69, 9.17) is 19.9 Å². The molecule has 0 unspecified atom stereocenters. The number of methoxy groups -OCH3 is 1. The molecule has 0 bridgehead atoms. The molecule has 0 atom stereocenters. The first kappa shape index (κ1) is 17.8. The predicted octanol–water partition coefficient (Wildman–Crippen LogP) is 3.71. The van der Waals surface area contributed by atoms with Crippen LogP contribution in [-0.2, 0) is 15.1 Å². The monoisotopic (exact) mass is 329 g/mol. The quantitative estimate of drug-likeness (QED) is 0.786. The van der Waals surface area contributed by atoms with E-state index in [0.717, 1.165) is 22.4 Å². The number of nitrogens with two attached hydrogens (primary N) is 1. The van der Waals surface area contributed by atoms with Crippen molar-refractivity contribution in [3.8, 4) is 16.9 Å². The van der Waals surface area contributed by atoms with Crippen LogP contribution in [0.15, 0.2) is 48.5 Å². The van der Waals surface area contributed by atoms with Gasteiger partial charge in [0.15, 0.2) is 0 Å². The third-order valence-electron chi connectivity index (χ3n) is 3.68. The Hall–Kier alpha value is -2.53. The van der Waals surface area contributed by atoms with Gasteiger partial charge in [0.25, 0.3) is 0 Å². The van der Waals surface area contributed by atoms with Gasteiger partial charge in [-0.25, -0.2) is 4.79 Å². The van der Waals surface area contributed by atoms with Gasteiger partial charge in [-0.15, -0.1) is 0 Å². The summed E-state index contributed by atoms with van der Waals surface area (Å²) in [6, 6.07) is 15.7. The number of benzene rings is 2. The van der Waals surface area contributed by atoms with E-state index in [0.29, 0.717) is 13.2 Å². The highest BCUT2D eigenvalue weighted by Gasteiger charge is 2.24. The van der Waals surface area contributed by atoms with E-state index in [1.165, 1.54) is 0 Å². The molecule has 0 radical (unpaired) electrons. The van der Waals surface area contributed by atoms with E-state index in [1.54, 1.807) is 21.0 Å². The minimum Gasteiger partial charge on any atom is -0.491 e. The number of rotatable bonds is 7. The SMILES string of the molecule is COCCOc1ccc(-c2ccc(C(C)(C)OC(N)=O)cc2)cc1. The molecule has 2 rings (SSSR count). The van der Waals surface area contributed by atoms with Gasteiger partial charge in [-0.1, -0.05) is 36.4 Å². The predicted molar refractivity (Wildman–Crippen MR) is 92.9 cm³/mol. The highest BCUT2D eigenvalue weighted by Crippen LogP contribution is 2.28. The number of amides is 1. The van der Waals surface area contributed by atoms with Gasteiger partial charge in [0.2, 0.25) is 0 Å². The average molecular weight is 329 g/mol. The summed E-state index contributed by atoms with van der Waals surface area (Å²) in [6.07, 6.45) is -0.784. The number of carbonyl (C=O) groups excluding carboxylic acids is 1. The molecule has 2 aromatic carbocycles. The van der Waals surface area contributed by atoms with Crippen LogP contribution in [0.1, 0.15) is 19.4 Å². The third kappa shape index (κ3) is 4.73. The first-order valence-electron chi connectivity index (χ1n) is 7.73. The largest absolute Gasteiger partial charge is 0.491 e. The standard InChI is InChI=1S/C19H23NO4/c1-19(2,24-18(20)21)16-8-4-14(5-9-16)15-6-10-17(11-7-15)23-13-12-22-3/h4-11H,12-13H2,1-3H3,(H2,20,21). The number of hydrogen-bond donors (Lipinski definition) is 1. The minimum absolute atomic E-state index is 0.527. The van der Waals surface area contributed by atoms with E-state index in [9.17, 15) is 4.79 Å². The maximum absolute atomic E-state index is 11.0. The van der Waals surface area contributed by atoms with E-state index in [2.05, 4.69) is 0 Å². The first-order valence-corrected chi connectivity index (χ1v) is 7.73. The molecule has 128 valence electrons. The molecule has 2 aromatic rings. The zero-order valence-corrected chi connectivity index (χ0v) is 14.2. The van der Waals surface area contributed by atoms with Crippen LogP contribution in [0.2, 0.25) is 0 Å². The highest BCUT2D eigenvalue weighted by atomic mass is 16.6. The second-order valence-corrected chi connectivity index (χ2v) is 5.87. The summed E-state index contributed by atoms with van der Waals surface area (Å²) in [5.41, 5.74) is 7.38. The van der Waals surface area contributed by atoms with Crippen molar-refractivity contribution in [2.24, 2.45) is 5.73 Å². The molecule has 0 saturated heterocycles. The van der Waals surface area contributed by atoms with Crippen LogP contribution in [0.25, 0.3) is 11.1 Å². The Bertz CT molecular complexity index is 663. The zero-order valence-electron chi connectivity index (χ0n) is 14.2. The molecular formula is C19H23NO4. The Morgan fingerprint density at radius 1 is 0.958 bits per heavy atom. The molecular weight excluding hydrogens is 306 g/mol. The molecule has 0 fully saturated rings. The molecule has 0 saturated carbocycles. The zero-order chi connectivity index (χ0) is 17.6. The van der Waals surface area contributed by atoms with Gasteiger partial charge in [-0.2, -0.15) is 0 Å². The number of hydrogen-bond acceptors (Lipinski definition) is 4. The molecule has 0 aliphatic carbocycles. The third-order valence-corrected chi connectivity index (χ3v) is 3.68. The van der Waals surface area contributed by atoms with Crippen molar-refractivity contribution >= 4 is 6.09 Å². The maximum Gasteiger partial charge on any atom is 0.405 e. The Labute approximate surface area is 142 Å². The van der Waals surface area contributed by atoms with Crippen molar-refractivity contribution < 1.29 is 19.0 Å². The molecule has 0 heterocycles. The van der Waals surface area contributed by atoms with Crippen LogP contribution in [0.5, 0.6) is 5.75 Å². The van der Waals surface area contributed by atoms with Gasteiger partial charge in [0, 0.05) is 7.11 Å². The maximum atomic E-state index is 11.0. The van der Waals surface area contributed by atoms with Crippen molar-refractivity contribution in [2.75, 3.05) is 20.3 Å². The molecule has 0 aliphatic heterocycles. The van der Waals surface area contributed by atoms with Crippen LogP contribution in [0.4, 0.5) is 4.79 Å². The minimum atomic E-state index is -0.784. The lowest BCUT2D eigenvalue weighted by Gasteiger charge is -2.24. The second kappa shape index (κ2) is 7.84. The van der Waals surface area contributed by atoms with Crippen LogP contribution in [0, 0.1) is 0 Å². The summed E-state index contributed by atoms with van der Waals surface area (Å²) < 4.78 is 15.7. The van der Waals surface area contributed by atoms with Gasteiger partial charge in [-0.3, -0.25) is 0 Å². The fraction of sp³-hybridized carbons (Fsp3) is 0.316. The lowest BCUT2D eigenvalue weighted by Crippen LogP contribution is -2.28. The number of ether oxygens (including phenoxy) is 3. The highest BCUT2D eigenvalue weighted by molar-refractivity contribution is 5.66. The van der Waals surface area contributed by atoms with Crippen LogP contribution in [0.3, 0.4) is 0 Å². The summed E-state index contributed by atoms with van der Waals surface area (Å²) in [7, 11) is 1.64. The summed E-state index contributed by atoms with van der Waals surface area (Å²) in [5, 5.41) is 0. The molecule has 0 aromatic heterocycles. The molecule has 0 spiro atoms. The number of primary amides is 1. The van der Waals surface area contributed by atoms with Gasteiger partial charge in [-0.05, 0) is 42.7 Å². The van der Waals surface area contributed by atoms with Crippen molar-refractivity contribution in [3.63, 3.8) is 0 Å². The van der Waals surface area contributed by atoms with E-state index in [-0.39, 0.29) is 0 Å². The lowest BCUT2D eigenvalue weighted by molar-refractivity contribution is 0.0432. The Morgan fingerprint density at radius 2 is 1.50 bits per heavy atom. The van der Waals surface area contributed by atoms with Crippen LogP contribution in [-0.4, -0.2) is 26.4 Å². The topological polar surface area (TPSA) is 70.8 Å². The molecule has 24 heavy (non-hydrogen) atoms. The van der Waals surface area contributed by atoms with E-state index >= 15 is 0 Å². The Balaban J connectivity index is 2.09. The van der Waals surface area contributed by atoms with Crippen molar-refractivity contribution in [1.29, 1.82) is 0 Å². The fourth-order valence-electron chi connectivity index (χ4n) is 2.36. The van der Waals surface area contributed by atoms with E-state index in [1.807, 2.05) is 48.5 Å². The molecule has 1 amide bonds. The van der Waals surface area contributed by atoms with E-state index < -0.39 is 11.7 Å². The smallest absolute Gasteiger partial charge is 0.405 e.